The molecule has 0 saturated carbocycles. The van der Waals surface area contributed by atoms with Gasteiger partial charge in [-0.1, -0.05) is 30.1 Å². The van der Waals surface area contributed by atoms with Gasteiger partial charge in [0.05, 0.1) is 10.8 Å². The van der Waals surface area contributed by atoms with Gasteiger partial charge in [0.15, 0.2) is 9.84 Å². The Balaban J connectivity index is 3.40. The molecule has 108 valence electrons. The number of nitrogens with one attached hydrogen (secondary N) is 1. The summed E-state index contributed by atoms with van der Waals surface area (Å²) in [6, 6.07) is 4.66. The SMILES string of the molecule is CCNC(c1cc(Cl)ccc1Cl)C(C)(C)S(C)(=O)=O. The highest BCUT2D eigenvalue weighted by Gasteiger charge is 2.40. The maximum atomic E-state index is 12.0. The van der Waals surface area contributed by atoms with Crippen molar-refractivity contribution < 1.29 is 8.42 Å². The summed E-state index contributed by atoms with van der Waals surface area (Å²) in [6.07, 6.45) is 1.23. The summed E-state index contributed by atoms with van der Waals surface area (Å²) in [5, 5.41) is 4.23. The van der Waals surface area contributed by atoms with Crippen LogP contribution in [-0.2, 0) is 9.84 Å². The van der Waals surface area contributed by atoms with Gasteiger partial charge in [-0.15, -0.1) is 0 Å². The molecule has 1 aromatic carbocycles. The summed E-state index contributed by atoms with van der Waals surface area (Å²) in [7, 11) is -3.27. The summed E-state index contributed by atoms with van der Waals surface area (Å²) in [5.41, 5.74) is 0.700. The molecule has 1 aromatic rings. The number of hydrogen-bond acceptors (Lipinski definition) is 3. The monoisotopic (exact) mass is 323 g/mol. The molecule has 0 aliphatic heterocycles. The van der Waals surface area contributed by atoms with Crippen LogP contribution < -0.4 is 5.32 Å². The summed E-state index contributed by atoms with van der Waals surface area (Å²) in [6.45, 7) is 5.93. The molecule has 0 amide bonds. The highest BCUT2D eigenvalue weighted by molar-refractivity contribution is 7.92. The fourth-order valence-corrected chi connectivity index (χ4v) is 2.93. The second-order valence-corrected chi connectivity index (χ2v) is 8.47. The number of benzene rings is 1. The van der Waals surface area contributed by atoms with E-state index in [2.05, 4.69) is 5.32 Å². The highest BCUT2D eigenvalue weighted by atomic mass is 35.5. The standard InChI is InChI=1S/C13H19Cl2NO2S/c1-5-16-12(13(2,3)19(4,17)18)10-8-9(14)6-7-11(10)15/h6-8,12,16H,5H2,1-4H3. The molecule has 0 heterocycles. The first-order valence-corrected chi connectivity index (χ1v) is 8.64. The number of hydrogen-bond donors (Lipinski definition) is 1. The molecule has 1 N–H and O–H groups in total. The largest absolute Gasteiger partial charge is 0.309 e. The maximum absolute atomic E-state index is 12.0. The third kappa shape index (κ3) is 3.63. The zero-order valence-corrected chi connectivity index (χ0v) is 13.8. The quantitative estimate of drug-likeness (QED) is 0.902. The van der Waals surface area contributed by atoms with E-state index in [1.807, 2.05) is 6.92 Å². The highest BCUT2D eigenvalue weighted by Crippen LogP contribution is 2.36. The fourth-order valence-electron chi connectivity index (χ4n) is 1.88. The van der Waals surface area contributed by atoms with Gasteiger partial charge in [0, 0.05) is 16.3 Å². The minimum absolute atomic E-state index is 0.418. The Bertz CT molecular complexity index is 556. The summed E-state index contributed by atoms with van der Waals surface area (Å²) >= 11 is 12.2. The Labute approximate surface area is 125 Å². The van der Waals surface area contributed by atoms with Crippen LogP contribution >= 0.6 is 23.2 Å². The van der Waals surface area contributed by atoms with Crippen molar-refractivity contribution in [2.45, 2.75) is 31.6 Å². The van der Waals surface area contributed by atoms with Crippen molar-refractivity contribution in [2.75, 3.05) is 12.8 Å². The lowest BCUT2D eigenvalue weighted by Gasteiger charge is -2.34. The minimum atomic E-state index is -3.27. The van der Waals surface area contributed by atoms with Gasteiger partial charge < -0.3 is 5.32 Å². The third-order valence-corrected chi connectivity index (χ3v) is 6.05. The Morgan fingerprint density at radius 3 is 2.37 bits per heavy atom. The molecular weight excluding hydrogens is 305 g/mol. The van der Waals surface area contributed by atoms with E-state index >= 15 is 0 Å². The Hall–Kier alpha value is -0.290. The molecule has 6 heteroatoms. The van der Waals surface area contributed by atoms with E-state index in [0.717, 1.165) is 0 Å². The van der Waals surface area contributed by atoms with Crippen LogP contribution in [0, 0.1) is 0 Å². The van der Waals surface area contributed by atoms with Gasteiger partial charge in [-0.2, -0.15) is 0 Å². The molecule has 0 aliphatic rings. The lowest BCUT2D eigenvalue weighted by Crippen LogP contribution is -2.45. The molecule has 0 bridgehead atoms. The van der Waals surface area contributed by atoms with Crippen LogP contribution in [-0.4, -0.2) is 26.0 Å². The van der Waals surface area contributed by atoms with Crippen LogP contribution in [0.3, 0.4) is 0 Å². The van der Waals surface area contributed by atoms with E-state index in [1.54, 1.807) is 32.0 Å². The molecule has 0 saturated heterocycles. The second-order valence-electron chi connectivity index (χ2n) is 5.03. The van der Waals surface area contributed by atoms with Gasteiger partial charge in [-0.3, -0.25) is 0 Å². The topological polar surface area (TPSA) is 46.2 Å². The zero-order valence-electron chi connectivity index (χ0n) is 11.5. The Kier molecular flexibility index (Phi) is 5.29. The molecule has 0 fully saturated rings. The van der Waals surface area contributed by atoms with Crippen LogP contribution in [0.2, 0.25) is 10.0 Å². The number of rotatable bonds is 5. The van der Waals surface area contributed by atoms with Crippen LogP contribution in [0.4, 0.5) is 0 Å². The summed E-state index contributed by atoms with van der Waals surface area (Å²) in [5.74, 6) is 0. The van der Waals surface area contributed by atoms with E-state index in [0.29, 0.717) is 22.2 Å². The average Bonchev–Trinajstić information content (AvgIpc) is 2.28. The van der Waals surface area contributed by atoms with Crippen molar-refractivity contribution in [1.29, 1.82) is 0 Å². The molecule has 0 aromatic heterocycles. The van der Waals surface area contributed by atoms with Crippen molar-refractivity contribution in [1.82, 2.24) is 5.32 Å². The van der Waals surface area contributed by atoms with Crippen LogP contribution in [0.1, 0.15) is 32.4 Å². The molecule has 0 aliphatic carbocycles. The smallest absolute Gasteiger partial charge is 0.154 e. The average molecular weight is 324 g/mol. The normalized spacial score (nSPS) is 14.4. The molecular formula is C13H19Cl2NO2S. The Morgan fingerprint density at radius 2 is 1.89 bits per heavy atom. The van der Waals surface area contributed by atoms with Crippen molar-refractivity contribution in [3.8, 4) is 0 Å². The molecule has 0 radical (unpaired) electrons. The van der Waals surface area contributed by atoms with Crippen LogP contribution in [0.15, 0.2) is 18.2 Å². The third-order valence-electron chi connectivity index (χ3n) is 3.33. The van der Waals surface area contributed by atoms with E-state index < -0.39 is 20.6 Å². The van der Waals surface area contributed by atoms with Gasteiger partial charge >= 0.3 is 0 Å². The van der Waals surface area contributed by atoms with E-state index in [1.165, 1.54) is 6.26 Å². The molecule has 19 heavy (non-hydrogen) atoms. The lowest BCUT2D eigenvalue weighted by atomic mass is 9.95. The van der Waals surface area contributed by atoms with Gasteiger partial charge in [0.25, 0.3) is 0 Å². The van der Waals surface area contributed by atoms with Crippen molar-refractivity contribution in [2.24, 2.45) is 0 Å². The number of halogens is 2. The number of sulfone groups is 1. The molecule has 1 unspecified atom stereocenters. The Morgan fingerprint density at radius 1 is 1.32 bits per heavy atom. The van der Waals surface area contributed by atoms with Gasteiger partial charge in [0.1, 0.15) is 0 Å². The molecule has 3 nitrogen and oxygen atoms in total. The summed E-state index contributed by atoms with van der Waals surface area (Å²) in [4.78, 5) is 0. The molecule has 1 atom stereocenters. The van der Waals surface area contributed by atoms with E-state index in [9.17, 15) is 8.42 Å². The lowest BCUT2D eigenvalue weighted by molar-refractivity contribution is 0.428. The first-order chi connectivity index (χ1) is 8.61. The van der Waals surface area contributed by atoms with Crippen molar-refractivity contribution in [3.63, 3.8) is 0 Å². The minimum Gasteiger partial charge on any atom is -0.309 e. The predicted molar refractivity (Wildman–Crippen MR) is 81.8 cm³/mol. The van der Waals surface area contributed by atoms with Crippen molar-refractivity contribution >= 4 is 33.0 Å². The van der Waals surface area contributed by atoms with Crippen molar-refractivity contribution in [3.05, 3.63) is 33.8 Å². The molecule has 1 rings (SSSR count). The molecule has 0 spiro atoms. The van der Waals surface area contributed by atoms with E-state index in [-0.39, 0.29) is 0 Å². The van der Waals surface area contributed by atoms with Crippen LogP contribution in [0.5, 0.6) is 0 Å². The fraction of sp³-hybridized carbons (Fsp3) is 0.538. The van der Waals surface area contributed by atoms with Crippen LogP contribution in [0.25, 0.3) is 0 Å². The summed E-state index contributed by atoms with van der Waals surface area (Å²) < 4.78 is 23.1. The zero-order chi connectivity index (χ0) is 14.8. The predicted octanol–water partition coefficient (Wildman–Crippen LogP) is 3.47. The van der Waals surface area contributed by atoms with E-state index in [4.69, 9.17) is 23.2 Å². The maximum Gasteiger partial charge on any atom is 0.154 e. The van der Waals surface area contributed by atoms with Gasteiger partial charge in [-0.05, 0) is 44.2 Å². The van der Waals surface area contributed by atoms with Gasteiger partial charge in [0.2, 0.25) is 0 Å². The first kappa shape index (κ1) is 16.8. The second kappa shape index (κ2) is 6.00. The first-order valence-electron chi connectivity index (χ1n) is 5.99. The van der Waals surface area contributed by atoms with Gasteiger partial charge in [-0.25, -0.2) is 8.42 Å².